The lowest BCUT2D eigenvalue weighted by Gasteiger charge is -2.31. The fraction of sp³-hybridized carbons (Fsp3) is 0.667. The molecular formula is C18H27N3O2. The lowest BCUT2D eigenvalue weighted by Crippen LogP contribution is -2.41. The average Bonchev–Trinajstić information content (AvgIpc) is 2.62. The van der Waals surface area contributed by atoms with Crippen molar-refractivity contribution in [2.75, 3.05) is 32.8 Å². The van der Waals surface area contributed by atoms with Crippen LogP contribution in [0, 0.1) is 11.8 Å². The summed E-state index contributed by atoms with van der Waals surface area (Å²) < 4.78 is 5.36. The molecule has 3 heterocycles. The molecule has 0 bridgehead atoms. The van der Waals surface area contributed by atoms with Crippen LogP contribution in [0.4, 0.5) is 0 Å². The molecular weight excluding hydrogens is 290 g/mol. The summed E-state index contributed by atoms with van der Waals surface area (Å²) in [5.74, 6) is 1.03. The van der Waals surface area contributed by atoms with Crippen molar-refractivity contribution < 1.29 is 9.53 Å². The van der Waals surface area contributed by atoms with Crippen LogP contribution >= 0.6 is 0 Å². The number of ether oxygens (including phenoxy) is 1. The molecule has 5 nitrogen and oxygen atoms in total. The Hall–Kier alpha value is -1.46. The monoisotopic (exact) mass is 317 g/mol. The molecule has 3 rings (SSSR count). The van der Waals surface area contributed by atoms with E-state index in [9.17, 15) is 4.79 Å². The van der Waals surface area contributed by atoms with Crippen molar-refractivity contribution in [3.8, 4) is 0 Å². The number of amides is 1. The molecule has 23 heavy (non-hydrogen) atoms. The minimum Gasteiger partial charge on any atom is -0.381 e. The Morgan fingerprint density at radius 1 is 1.17 bits per heavy atom. The Morgan fingerprint density at radius 2 is 1.87 bits per heavy atom. The predicted molar refractivity (Wildman–Crippen MR) is 88.8 cm³/mol. The molecule has 0 spiro atoms. The first-order chi connectivity index (χ1) is 11.3. The van der Waals surface area contributed by atoms with Gasteiger partial charge in [0.15, 0.2) is 0 Å². The zero-order valence-electron chi connectivity index (χ0n) is 13.7. The zero-order valence-corrected chi connectivity index (χ0v) is 13.7. The van der Waals surface area contributed by atoms with Crippen molar-refractivity contribution in [3.05, 3.63) is 30.1 Å². The smallest absolute Gasteiger partial charge is 0.223 e. The van der Waals surface area contributed by atoms with E-state index in [2.05, 4.69) is 27.3 Å². The van der Waals surface area contributed by atoms with E-state index in [4.69, 9.17) is 4.74 Å². The van der Waals surface area contributed by atoms with Crippen LogP contribution < -0.4 is 5.32 Å². The van der Waals surface area contributed by atoms with Crippen LogP contribution in [-0.2, 0) is 16.1 Å². The van der Waals surface area contributed by atoms with Gasteiger partial charge in [-0.3, -0.25) is 14.7 Å². The van der Waals surface area contributed by atoms with Gasteiger partial charge in [-0.15, -0.1) is 0 Å². The Bertz CT molecular complexity index is 480. The second kappa shape index (κ2) is 8.41. The number of pyridine rings is 1. The van der Waals surface area contributed by atoms with Crippen LogP contribution in [0.5, 0.6) is 0 Å². The standard InChI is InChI=1S/C18H27N3O2/c22-18(20-13-15-5-11-23-12-6-15)17-3-9-21(10-4-17)14-16-1-7-19-8-2-16/h1-2,7-8,15,17H,3-6,9-14H2,(H,20,22). The fourth-order valence-corrected chi connectivity index (χ4v) is 3.44. The van der Waals surface area contributed by atoms with Crippen LogP contribution in [0.3, 0.4) is 0 Å². The molecule has 1 N–H and O–H groups in total. The molecule has 2 saturated heterocycles. The maximum Gasteiger partial charge on any atom is 0.223 e. The van der Waals surface area contributed by atoms with Crippen molar-refractivity contribution in [2.45, 2.75) is 32.2 Å². The Kier molecular flexibility index (Phi) is 6.00. The summed E-state index contributed by atoms with van der Waals surface area (Å²) >= 11 is 0. The van der Waals surface area contributed by atoms with Gasteiger partial charge in [0, 0.05) is 44.6 Å². The molecule has 0 unspecified atom stereocenters. The largest absolute Gasteiger partial charge is 0.381 e. The van der Waals surface area contributed by atoms with Gasteiger partial charge in [-0.1, -0.05) is 0 Å². The normalized spacial score (nSPS) is 21.2. The Labute approximate surface area is 138 Å². The molecule has 0 atom stereocenters. The first kappa shape index (κ1) is 16.4. The summed E-state index contributed by atoms with van der Waals surface area (Å²) in [6.45, 7) is 5.45. The number of carbonyl (C=O) groups excluding carboxylic acids is 1. The van der Waals surface area contributed by atoms with E-state index < -0.39 is 0 Å². The molecule has 2 aliphatic rings. The van der Waals surface area contributed by atoms with Gasteiger partial charge in [0.25, 0.3) is 0 Å². The Morgan fingerprint density at radius 3 is 2.57 bits per heavy atom. The highest BCUT2D eigenvalue weighted by atomic mass is 16.5. The van der Waals surface area contributed by atoms with Crippen LogP contribution in [0.2, 0.25) is 0 Å². The third-order valence-corrected chi connectivity index (χ3v) is 5.02. The predicted octanol–water partition coefficient (Wildman–Crippen LogP) is 1.84. The summed E-state index contributed by atoms with van der Waals surface area (Å²) in [5, 5.41) is 3.17. The summed E-state index contributed by atoms with van der Waals surface area (Å²) in [4.78, 5) is 18.8. The molecule has 126 valence electrons. The van der Waals surface area contributed by atoms with Gasteiger partial charge in [-0.25, -0.2) is 0 Å². The van der Waals surface area contributed by atoms with Gasteiger partial charge in [-0.2, -0.15) is 0 Å². The first-order valence-electron chi connectivity index (χ1n) is 8.78. The SMILES string of the molecule is O=C(NCC1CCOCC1)C1CCN(Cc2ccncc2)CC1. The third-order valence-electron chi connectivity index (χ3n) is 5.02. The lowest BCUT2D eigenvalue weighted by atomic mass is 9.94. The van der Waals surface area contributed by atoms with Gasteiger partial charge in [0.05, 0.1) is 0 Å². The first-order valence-corrected chi connectivity index (χ1v) is 8.78. The summed E-state index contributed by atoms with van der Waals surface area (Å²) in [5.41, 5.74) is 1.29. The molecule has 0 aromatic carbocycles. The number of hydrogen-bond donors (Lipinski definition) is 1. The van der Waals surface area contributed by atoms with E-state index in [1.165, 1.54) is 5.56 Å². The highest BCUT2D eigenvalue weighted by Gasteiger charge is 2.25. The molecule has 1 aromatic heterocycles. The molecule has 2 aliphatic heterocycles. The molecule has 5 heteroatoms. The third kappa shape index (κ3) is 5.01. The second-order valence-corrected chi connectivity index (χ2v) is 6.71. The molecule has 0 aliphatic carbocycles. The topological polar surface area (TPSA) is 54.5 Å². The van der Waals surface area contributed by atoms with Gasteiger partial charge in [0.1, 0.15) is 0 Å². The number of aromatic nitrogens is 1. The van der Waals surface area contributed by atoms with E-state index in [1.54, 1.807) is 0 Å². The van der Waals surface area contributed by atoms with E-state index in [0.29, 0.717) is 5.92 Å². The highest BCUT2D eigenvalue weighted by Crippen LogP contribution is 2.20. The van der Waals surface area contributed by atoms with E-state index in [-0.39, 0.29) is 11.8 Å². The van der Waals surface area contributed by atoms with Gasteiger partial charge in [-0.05, 0) is 62.4 Å². The van der Waals surface area contributed by atoms with Crippen molar-refractivity contribution in [1.29, 1.82) is 0 Å². The maximum atomic E-state index is 12.3. The van der Waals surface area contributed by atoms with Crippen LogP contribution in [0.15, 0.2) is 24.5 Å². The van der Waals surface area contributed by atoms with Crippen molar-refractivity contribution >= 4 is 5.91 Å². The number of nitrogens with one attached hydrogen (secondary N) is 1. The summed E-state index contributed by atoms with van der Waals surface area (Å²) in [6.07, 6.45) is 7.75. The van der Waals surface area contributed by atoms with Crippen molar-refractivity contribution in [3.63, 3.8) is 0 Å². The summed E-state index contributed by atoms with van der Waals surface area (Å²) in [6, 6.07) is 4.12. The number of nitrogens with zero attached hydrogens (tertiary/aromatic N) is 2. The molecule has 1 amide bonds. The maximum absolute atomic E-state index is 12.3. The van der Waals surface area contributed by atoms with Crippen LogP contribution in [0.1, 0.15) is 31.2 Å². The van der Waals surface area contributed by atoms with Crippen molar-refractivity contribution in [1.82, 2.24) is 15.2 Å². The Balaban J connectivity index is 1.37. The molecule has 1 aromatic rings. The number of hydrogen-bond acceptors (Lipinski definition) is 4. The second-order valence-electron chi connectivity index (χ2n) is 6.71. The number of carbonyl (C=O) groups is 1. The van der Waals surface area contributed by atoms with Crippen LogP contribution in [-0.4, -0.2) is 48.6 Å². The highest BCUT2D eigenvalue weighted by molar-refractivity contribution is 5.78. The minimum absolute atomic E-state index is 0.184. The fourth-order valence-electron chi connectivity index (χ4n) is 3.44. The minimum atomic E-state index is 0.184. The quantitative estimate of drug-likeness (QED) is 0.900. The van der Waals surface area contributed by atoms with Gasteiger partial charge in [0.2, 0.25) is 5.91 Å². The van der Waals surface area contributed by atoms with Gasteiger partial charge >= 0.3 is 0 Å². The van der Waals surface area contributed by atoms with Gasteiger partial charge < -0.3 is 10.1 Å². The summed E-state index contributed by atoms with van der Waals surface area (Å²) in [7, 11) is 0. The van der Waals surface area contributed by atoms with E-state index >= 15 is 0 Å². The van der Waals surface area contributed by atoms with E-state index in [1.807, 2.05) is 12.4 Å². The van der Waals surface area contributed by atoms with E-state index in [0.717, 1.165) is 65.1 Å². The number of likely N-dealkylation sites (tertiary alicyclic amines) is 1. The zero-order chi connectivity index (χ0) is 15.9. The van der Waals surface area contributed by atoms with Crippen LogP contribution in [0.25, 0.3) is 0 Å². The van der Waals surface area contributed by atoms with Crippen molar-refractivity contribution in [2.24, 2.45) is 11.8 Å². The number of piperidine rings is 1. The molecule has 0 saturated carbocycles. The molecule has 2 fully saturated rings. The molecule has 0 radical (unpaired) electrons. The number of rotatable bonds is 5. The average molecular weight is 317 g/mol. The lowest BCUT2D eigenvalue weighted by molar-refractivity contribution is -0.126.